The average molecular weight is 357 g/mol. The van der Waals surface area contributed by atoms with Gasteiger partial charge in [0.05, 0.1) is 24.8 Å². The highest BCUT2D eigenvalue weighted by Crippen LogP contribution is 2.40. The highest BCUT2D eigenvalue weighted by molar-refractivity contribution is 5.78. The Morgan fingerprint density at radius 1 is 1.31 bits per heavy atom. The first-order valence-electron chi connectivity index (χ1n) is 9.32. The molecular weight excluding hydrogens is 330 g/mol. The van der Waals surface area contributed by atoms with Crippen LogP contribution in [-0.4, -0.2) is 54.9 Å². The Hall–Kier alpha value is -1.94. The maximum absolute atomic E-state index is 12.4. The molecule has 0 aromatic heterocycles. The summed E-state index contributed by atoms with van der Waals surface area (Å²) in [5, 5.41) is 21.5. The minimum atomic E-state index is -0.0306. The molecule has 2 aliphatic heterocycles. The number of benzene rings is 1. The molecule has 1 spiro atoms. The van der Waals surface area contributed by atoms with E-state index in [0.29, 0.717) is 18.7 Å². The second kappa shape index (κ2) is 8.63. The Labute approximate surface area is 154 Å². The first-order chi connectivity index (χ1) is 12.6. The molecule has 1 aromatic rings. The largest absolute Gasteiger partial charge is 0.395 e. The summed E-state index contributed by atoms with van der Waals surface area (Å²) in [5.74, 6) is -0.0306. The van der Waals surface area contributed by atoms with Crippen LogP contribution in [0.1, 0.15) is 36.8 Å². The van der Waals surface area contributed by atoms with E-state index < -0.39 is 0 Å². The van der Waals surface area contributed by atoms with Crippen molar-refractivity contribution in [1.29, 1.82) is 5.26 Å². The maximum atomic E-state index is 12.4. The number of hydrogen-bond donors (Lipinski definition) is 2. The topological polar surface area (TPSA) is 85.6 Å². The number of likely N-dealkylation sites (tertiary alicyclic amines) is 1. The minimum absolute atomic E-state index is 0.0306. The second-order valence-corrected chi connectivity index (χ2v) is 7.48. The van der Waals surface area contributed by atoms with Crippen LogP contribution in [0.5, 0.6) is 0 Å². The molecule has 1 unspecified atom stereocenters. The van der Waals surface area contributed by atoms with E-state index in [2.05, 4.69) is 16.3 Å². The molecule has 0 bridgehead atoms. The van der Waals surface area contributed by atoms with Crippen LogP contribution >= 0.6 is 0 Å². The van der Waals surface area contributed by atoms with E-state index in [0.717, 1.165) is 51.0 Å². The number of carbonyl (C=O) groups is 1. The van der Waals surface area contributed by atoms with E-state index >= 15 is 0 Å². The number of nitrogens with zero attached hydrogens (tertiary/aromatic N) is 2. The van der Waals surface area contributed by atoms with Crippen molar-refractivity contribution in [1.82, 2.24) is 10.2 Å². The van der Waals surface area contributed by atoms with Crippen molar-refractivity contribution in [2.75, 3.05) is 32.9 Å². The number of aliphatic hydroxyl groups is 1. The van der Waals surface area contributed by atoms with Crippen LogP contribution in [0.2, 0.25) is 0 Å². The predicted octanol–water partition coefficient (Wildman–Crippen LogP) is 1.43. The standard InChI is InChI=1S/C20H27N3O3/c21-11-16-1-3-17(4-2-16)12-22-19(25)13-23-15-20(6-5-18(23)14-24)7-9-26-10-8-20/h1-4,18,24H,5-10,12-15H2,(H,22,25). The van der Waals surface area contributed by atoms with Crippen LogP contribution in [0.4, 0.5) is 0 Å². The number of ether oxygens (including phenoxy) is 1. The molecule has 6 heteroatoms. The van der Waals surface area contributed by atoms with Gasteiger partial charge in [0, 0.05) is 32.3 Å². The average Bonchev–Trinajstić information content (AvgIpc) is 2.68. The summed E-state index contributed by atoms with van der Waals surface area (Å²) in [5.41, 5.74) is 1.81. The number of aliphatic hydroxyl groups excluding tert-OH is 1. The Morgan fingerprint density at radius 2 is 2.04 bits per heavy atom. The lowest BCUT2D eigenvalue weighted by Gasteiger charge is -2.48. The highest BCUT2D eigenvalue weighted by atomic mass is 16.5. The normalized spacial score (nSPS) is 22.7. The van der Waals surface area contributed by atoms with Crippen molar-refractivity contribution >= 4 is 5.91 Å². The SMILES string of the molecule is N#Cc1ccc(CNC(=O)CN2CC3(CCOCC3)CCC2CO)cc1. The zero-order chi connectivity index (χ0) is 18.4. The summed E-state index contributed by atoms with van der Waals surface area (Å²) >= 11 is 0. The molecule has 0 saturated carbocycles. The third-order valence-corrected chi connectivity index (χ3v) is 5.75. The molecule has 2 heterocycles. The Kier molecular flexibility index (Phi) is 6.25. The van der Waals surface area contributed by atoms with E-state index in [1.54, 1.807) is 12.1 Å². The van der Waals surface area contributed by atoms with Gasteiger partial charge in [-0.15, -0.1) is 0 Å². The quantitative estimate of drug-likeness (QED) is 0.833. The van der Waals surface area contributed by atoms with Gasteiger partial charge in [-0.1, -0.05) is 12.1 Å². The van der Waals surface area contributed by atoms with Crippen LogP contribution in [-0.2, 0) is 16.1 Å². The molecule has 2 fully saturated rings. The molecule has 2 N–H and O–H groups in total. The molecule has 2 aliphatic rings. The lowest BCUT2D eigenvalue weighted by Crippen LogP contribution is -2.54. The first kappa shape index (κ1) is 18.8. The number of carbonyl (C=O) groups excluding carboxylic acids is 1. The summed E-state index contributed by atoms with van der Waals surface area (Å²) in [6.45, 7) is 3.29. The molecule has 6 nitrogen and oxygen atoms in total. The van der Waals surface area contributed by atoms with Crippen LogP contribution in [0.3, 0.4) is 0 Å². The number of amides is 1. The minimum Gasteiger partial charge on any atom is -0.395 e. The Bertz CT molecular complexity index is 647. The summed E-state index contributed by atoms with van der Waals surface area (Å²) in [7, 11) is 0. The fourth-order valence-corrected chi connectivity index (χ4v) is 4.04. The molecule has 3 rings (SSSR count). The summed E-state index contributed by atoms with van der Waals surface area (Å²) in [4.78, 5) is 14.6. The lowest BCUT2D eigenvalue weighted by molar-refractivity contribution is -0.125. The van der Waals surface area contributed by atoms with Crippen LogP contribution in [0, 0.1) is 16.7 Å². The molecule has 0 aliphatic carbocycles. The third kappa shape index (κ3) is 4.61. The predicted molar refractivity (Wildman–Crippen MR) is 97.2 cm³/mol. The lowest BCUT2D eigenvalue weighted by atomic mass is 9.72. The maximum Gasteiger partial charge on any atom is 0.234 e. The van der Waals surface area contributed by atoms with E-state index in [4.69, 9.17) is 10.00 Å². The van der Waals surface area contributed by atoms with Gasteiger partial charge in [0.15, 0.2) is 0 Å². The van der Waals surface area contributed by atoms with Gasteiger partial charge in [-0.05, 0) is 48.8 Å². The smallest absolute Gasteiger partial charge is 0.234 e. The monoisotopic (exact) mass is 357 g/mol. The molecule has 2 saturated heterocycles. The summed E-state index contributed by atoms with van der Waals surface area (Å²) in [6, 6.07) is 9.36. The number of hydrogen-bond acceptors (Lipinski definition) is 5. The second-order valence-electron chi connectivity index (χ2n) is 7.48. The van der Waals surface area contributed by atoms with Gasteiger partial charge in [-0.25, -0.2) is 0 Å². The highest BCUT2D eigenvalue weighted by Gasteiger charge is 2.40. The van der Waals surface area contributed by atoms with Gasteiger partial charge in [0.25, 0.3) is 0 Å². The molecule has 1 amide bonds. The van der Waals surface area contributed by atoms with Gasteiger partial charge < -0.3 is 15.2 Å². The fraction of sp³-hybridized carbons (Fsp3) is 0.600. The number of piperidine rings is 1. The summed E-state index contributed by atoms with van der Waals surface area (Å²) in [6.07, 6.45) is 4.10. The van der Waals surface area contributed by atoms with E-state index in [1.807, 2.05) is 12.1 Å². The van der Waals surface area contributed by atoms with Gasteiger partial charge in [0.2, 0.25) is 5.91 Å². The van der Waals surface area contributed by atoms with Crippen molar-refractivity contribution in [3.8, 4) is 6.07 Å². The first-order valence-corrected chi connectivity index (χ1v) is 9.32. The van der Waals surface area contributed by atoms with Crippen LogP contribution in [0.15, 0.2) is 24.3 Å². The third-order valence-electron chi connectivity index (χ3n) is 5.75. The fourth-order valence-electron chi connectivity index (χ4n) is 4.04. The molecule has 0 radical (unpaired) electrons. The van der Waals surface area contributed by atoms with Crippen molar-refractivity contribution in [2.45, 2.75) is 38.3 Å². The molecule has 140 valence electrons. The number of nitrogens with one attached hydrogen (secondary N) is 1. The van der Waals surface area contributed by atoms with Crippen molar-refractivity contribution in [3.63, 3.8) is 0 Å². The van der Waals surface area contributed by atoms with Gasteiger partial charge in [-0.2, -0.15) is 5.26 Å². The van der Waals surface area contributed by atoms with E-state index in [1.165, 1.54) is 0 Å². The molecule has 26 heavy (non-hydrogen) atoms. The number of nitriles is 1. The van der Waals surface area contributed by atoms with E-state index in [9.17, 15) is 9.90 Å². The number of rotatable bonds is 5. The van der Waals surface area contributed by atoms with Crippen molar-refractivity contribution in [3.05, 3.63) is 35.4 Å². The van der Waals surface area contributed by atoms with Crippen molar-refractivity contribution in [2.24, 2.45) is 5.41 Å². The van der Waals surface area contributed by atoms with Gasteiger partial charge in [0.1, 0.15) is 0 Å². The van der Waals surface area contributed by atoms with Crippen molar-refractivity contribution < 1.29 is 14.6 Å². The zero-order valence-electron chi connectivity index (χ0n) is 15.1. The molecular formula is C20H27N3O3. The Morgan fingerprint density at radius 3 is 2.69 bits per heavy atom. The van der Waals surface area contributed by atoms with E-state index in [-0.39, 0.29) is 24.0 Å². The molecule has 1 atom stereocenters. The van der Waals surface area contributed by atoms with Gasteiger partial charge in [-0.3, -0.25) is 9.69 Å². The van der Waals surface area contributed by atoms with Crippen LogP contribution in [0.25, 0.3) is 0 Å². The Balaban J connectivity index is 1.54. The van der Waals surface area contributed by atoms with Gasteiger partial charge >= 0.3 is 0 Å². The van der Waals surface area contributed by atoms with Crippen LogP contribution < -0.4 is 5.32 Å². The zero-order valence-corrected chi connectivity index (χ0v) is 15.1. The summed E-state index contributed by atoms with van der Waals surface area (Å²) < 4.78 is 5.50. The molecule has 1 aromatic carbocycles.